The molecule has 0 spiro atoms. The first-order valence-corrected chi connectivity index (χ1v) is 15.7. The Bertz CT molecular complexity index is 195. The molecule has 0 bridgehead atoms. The summed E-state index contributed by atoms with van der Waals surface area (Å²) in [6.07, 6.45) is 9.83. The summed E-state index contributed by atoms with van der Waals surface area (Å²) in [5.41, 5.74) is 0. The SMILES string of the molecule is CCC[CH2][Sn]([CH2]CCC)([CH2]CCC)[O]CCC1CO1. The average molecular weight is 377 g/mol. The summed E-state index contributed by atoms with van der Waals surface area (Å²) < 4.78 is 16.3. The molecule has 0 radical (unpaired) electrons. The number of hydrogen-bond donors (Lipinski definition) is 0. The molecular formula is C16H34O2Sn. The molecule has 0 aromatic carbocycles. The van der Waals surface area contributed by atoms with E-state index in [9.17, 15) is 0 Å². The van der Waals surface area contributed by atoms with Gasteiger partial charge in [-0.05, 0) is 0 Å². The molecule has 1 aliphatic rings. The van der Waals surface area contributed by atoms with Crippen molar-refractivity contribution >= 4 is 18.8 Å². The second kappa shape index (κ2) is 10.4. The summed E-state index contributed by atoms with van der Waals surface area (Å²) in [6, 6.07) is 0. The van der Waals surface area contributed by atoms with Crippen molar-refractivity contribution in [2.45, 2.75) is 85.1 Å². The number of unbranched alkanes of at least 4 members (excludes halogenated alkanes) is 3. The van der Waals surface area contributed by atoms with E-state index in [2.05, 4.69) is 20.8 Å². The molecule has 114 valence electrons. The fraction of sp³-hybridized carbons (Fsp3) is 1.00. The van der Waals surface area contributed by atoms with Crippen LogP contribution >= 0.6 is 0 Å². The van der Waals surface area contributed by atoms with Crippen molar-refractivity contribution in [3.8, 4) is 0 Å². The third-order valence-corrected chi connectivity index (χ3v) is 17.4. The molecule has 0 aromatic heterocycles. The summed E-state index contributed by atoms with van der Waals surface area (Å²) in [5.74, 6) is 0. The van der Waals surface area contributed by atoms with Crippen molar-refractivity contribution in [2.75, 3.05) is 13.2 Å². The van der Waals surface area contributed by atoms with Gasteiger partial charge in [0.1, 0.15) is 0 Å². The molecule has 1 fully saturated rings. The van der Waals surface area contributed by atoms with E-state index in [0.717, 1.165) is 19.6 Å². The van der Waals surface area contributed by atoms with Crippen LogP contribution in [0.15, 0.2) is 0 Å². The molecule has 0 amide bonds. The molecule has 19 heavy (non-hydrogen) atoms. The van der Waals surface area contributed by atoms with Gasteiger partial charge in [-0.15, -0.1) is 0 Å². The zero-order valence-electron chi connectivity index (χ0n) is 13.4. The Morgan fingerprint density at radius 3 is 1.79 bits per heavy atom. The molecule has 1 rings (SSSR count). The first-order valence-electron chi connectivity index (χ1n) is 8.52. The summed E-state index contributed by atoms with van der Waals surface area (Å²) in [5, 5.41) is 0. The first-order chi connectivity index (χ1) is 9.26. The van der Waals surface area contributed by atoms with Crippen LogP contribution in [-0.4, -0.2) is 38.1 Å². The van der Waals surface area contributed by atoms with E-state index >= 15 is 0 Å². The predicted octanol–water partition coefficient (Wildman–Crippen LogP) is 5.14. The van der Waals surface area contributed by atoms with Gasteiger partial charge in [-0.3, -0.25) is 0 Å². The van der Waals surface area contributed by atoms with Gasteiger partial charge in [0, 0.05) is 0 Å². The van der Waals surface area contributed by atoms with Crippen LogP contribution in [-0.2, 0) is 7.81 Å². The molecule has 1 atom stereocenters. The molecule has 1 aliphatic heterocycles. The van der Waals surface area contributed by atoms with Crippen LogP contribution in [0.25, 0.3) is 0 Å². The molecule has 0 aromatic rings. The molecule has 1 unspecified atom stereocenters. The van der Waals surface area contributed by atoms with E-state index in [1.54, 1.807) is 0 Å². The third-order valence-electron chi connectivity index (χ3n) is 4.21. The second-order valence-corrected chi connectivity index (χ2v) is 17.9. The van der Waals surface area contributed by atoms with Crippen LogP contribution in [0, 0.1) is 0 Å². The normalized spacial score (nSPS) is 18.8. The van der Waals surface area contributed by atoms with Gasteiger partial charge in [0.2, 0.25) is 0 Å². The van der Waals surface area contributed by atoms with E-state index in [4.69, 9.17) is 7.81 Å². The fourth-order valence-electron chi connectivity index (χ4n) is 2.73. The second-order valence-electron chi connectivity index (χ2n) is 6.09. The van der Waals surface area contributed by atoms with E-state index in [0.29, 0.717) is 6.10 Å². The summed E-state index contributed by atoms with van der Waals surface area (Å²) >= 11 is -2.28. The predicted molar refractivity (Wildman–Crippen MR) is 85.2 cm³/mol. The van der Waals surface area contributed by atoms with Gasteiger partial charge in [0.25, 0.3) is 0 Å². The Kier molecular flexibility index (Phi) is 9.77. The maximum atomic E-state index is 6.62. The van der Waals surface area contributed by atoms with Crippen LogP contribution in [0.5, 0.6) is 0 Å². The Labute approximate surface area is 125 Å². The number of hydrogen-bond acceptors (Lipinski definition) is 2. The number of rotatable bonds is 13. The van der Waals surface area contributed by atoms with Gasteiger partial charge in [-0.1, -0.05) is 0 Å². The molecule has 3 heteroatoms. The van der Waals surface area contributed by atoms with Crippen LogP contribution in [0.1, 0.15) is 65.7 Å². The maximum absolute atomic E-state index is 6.62. The van der Waals surface area contributed by atoms with Gasteiger partial charge in [0.05, 0.1) is 0 Å². The first kappa shape index (κ1) is 17.8. The summed E-state index contributed by atoms with van der Waals surface area (Å²) in [4.78, 5) is 0. The Balaban J connectivity index is 2.45. The summed E-state index contributed by atoms with van der Waals surface area (Å²) in [7, 11) is 0. The zero-order valence-corrected chi connectivity index (χ0v) is 16.2. The standard InChI is InChI=1S/C4H7O2.3C4H9.Sn/c5-2-1-4-3-6-4;3*1-3-4-2;/h4H,1-3H2;3*1,3-4H2,2H3;/q-1;;;;+1. The van der Waals surface area contributed by atoms with Crippen LogP contribution in [0.3, 0.4) is 0 Å². The van der Waals surface area contributed by atoms with Crippen molar-refractivity contribution < 1.29 is 7.81 Å². The third kappa shape index (κ3) is 7.91. The van der Waals surface area contributed by atoms with Crippen molar-refractivity contribution in [2.24, 2.45) is 0 Å². The van der Waals surface area contributed by atoms with Crippen molar-refractivity contribution in [1.29, 1.82) is 0 Å². The Hall–Kier alpha value is 0.719. The molecule has 1 saturated heterocycles. The fourth-order valence-corrected chi connectivity index (χ4v) is 16.2. The minimum atomic E-state index is -2.28. The molecule has 0 aliphatic carbocycles. The van der Waals surface area contributed by atoms with E-state index < -0.39 is 18.8 Å². The van der Waals surface area contributed by atoms with E-state index in [1.165, 1.54) is 51.8 Å². The quantitative estimate of drug-likeness (QED) is 0.328. The van der Waals surface area contributed by atoms with Gasteiger partial charge in [-0.25, -0.2) is 0 Å². The van der Waals surface area contributed by atoms with Crippen LogP contribution in [0.2, 0.25) is 13.3 Å². The monoisotopic (exact) mass is 378 g/mol. The molecule has 0 saturated carbocycles. The number of ether oxygens (including phenoxy) is 1. The summed E-state index contributed by atoms with van der Waals surface area (Å²) in [6.45, 7) is 8.90. The van der Waals surface area contributed by atoms with Crippen molar-refractivity contribution in [3.63, 3.8) is 0 Å². The van der Waals surface area contributed by atoms with Crippen LogP contribution < -0.4 is 0 Å². The Morgan fingerprint density at radius 2 is 1.42 bits per heavy atom. The topological polar surface area (TPSA) is 21.8 Å². The molecule has 2 nitrogen and oxygen atoms in total. The zero-order chi connectivity index (χ0) is 14.0. The van der Waals surface area contributed by atoms with Crippen molar-refractivity contribution in [1.82, 2.24) is 0 Å². The Morgan fingerprint density at radius 1 is 0.947 bits per heavy atom. The molecule has 0 N–H and O–H groups in total. The van der Waals surface area contributed by atoms with Gasteiger partial charge < -0.3 is 0 Å². The average Bonchev–Trinajstić information content (AvgIpc) is 3.24. The van der Waals surface area contributed by atoms with Crippen LogP contribution in [0.4, 0.5) is 0 Å². The van der Waals surface area contributed by atoms with Gasteiger partial charge in [-0.2, -0.15) is 0 Å². The van der Waals surface area contributed by atoms with Gasteiger partial charge >= 0.3 is 125 Å². The van der Waals surface area contributed by atoms with Crippen molar-refractivity contribution in [3.05, 3.63) is 0 Å². The molecule has 1 heterocycles. The molecular weight excluding hydrogens is 343 g/mol. The van der Waals surface area contributed by atoms with Gasteiger partial charge in [0.15, 0.2) is 0 Å². The number of epoxide rings is 1. The minimum absolute atomic E-state index is 0.535. The van der Waals surface area contributed by atoms with E-state index in [-0.39, 0.29) is 0 Å². The van der Waals surface area contributed by atoms with E-state index in [1.807, 2.05) is 0 Å².